The van der Waals surface area contributed by atoms with Gasteiger partial charge in [-0.2, -0.15) is 5.26 Å². The summed E-state index contributed by atoms with van der Waals surface area (Å²) in [7, 11) is 0. The van der Waals surface area contributed by atoms with Crippen LogP contribution in [0.2, 0.25) is 0 Å². The zero-order chi connectivity index (χ0) is 15.6. The maximum Gasteiger partial charge on any atom is 0.257 e. The SMILES string of the molecule is N#Cc1cc(NC(=O)c2cc(F)c(F)cc2N)ccc1F. The van der Waals surface area contributed by atoms with Crippen molar-refractivity contribution in [3.63, 3.8) is 0 Å². The first-order chi connectivity index (χ1) is 9.92. The second kappa shape index (κ2) is 5.54. The maximum atomic E-state index is 13.1. The van der Waals surface area contributed by atoms with E-state index in [0.29, 0.717) is 12.1 Å². The number of carbonyl (C=O) groups excluding carboxylic acids is 1. The number of amides is 1. The van der Waals surface area contributed by atoms with E-state index in [1.54, 1.807) is 6.07 Å². The van der Waals surface area contributed by atoms with E-state index < -0.39 is 23.4 Å². The van der Waals surface area contributed by atoms with Crippen molar-refractivity contribution in [2.45, 2.75) is 0 Å². The third-order valence-corrected chi connectivity index (χ3v) is 2.68. The smallest absolute Gasteiger partial charge is 0.257 e. The quantitative estimate of drug-likeness (QED) is 0.835. The Labute approximate surface area is 117 Å². The molecule has 7 heteroatoms. The summed E-state index contributed by atoms with van der Waals surface area (Å²) in [4.78, 5) is 11.9. The molecule has 0 aliphatic rings. The lowest BCUT2D eigenvalue weighted by Crippen LogP contribution is -2.15. The molecule has 0 heterocycles. The van der Waals surface area contributed by atoms with Crippen LogP contribution >= 0.6 is 0 Å². The summed E-state index contributed by atoms with van der Waals surface area (Å²) in [6, 6.07) is 6.31. The van der Waals surface area contributed by atoms with Crippen LogP contribution in [0, 0.1) is 28.8 Å². The highest BCUT2D eigenvalue weighted by Crippen LogP contribution is 2.20. The molecular formula is C14H8F3N3O. The average Bonchev–Trinajstić information content (AvgIpc) is 2.44. The summed E-state index contributed by atoms with van der Waals surface area (Å²) in [5, 5.41) is 11.0. The molecule has 0 aromatic heterocycles. The molecule has 2 aromatic carbocycles. The van der Waals surface area contributed by atoms with Crippen LogP contribution in [-0.4, -0.2) is 5.91 Å². The van der Waals surface area contributed by atoms with E-state index in [9.17, 15) is 18.0 Å². The molecule has 3 N–H and O–H groups in total. The summed E-state index contributed by atoms with van der Waals surface area (Å²) < 4.78 is 39.2. The van der Waals surface area contributed by atoms with Gasteiger partial charge in [-0.15, -0.1) is 0 Å². The van der Waals surface area contributed by atoms with E-state index >= 15 is 0 Å². The second-order valence-corrected chi connectivity index (χ2v) is 4.11. The van der Waals surface area contributed by atoms with Gasteiger partial charge in [-0.05, 0) is 24.3 Å². The fourth-order valence-corrected chi connectivity index (χ4v) is 1.65. The molecule has 0 aliphatic heterocycles. The number of halogens is 3. The van der Waals surface area contributed by atoms with Crippen molar-refractivity contribution in [1.29, 1.82) is 5.26 Å². The predicted octanol–water partition coefficient (Wildman–Crippen LogP) is 2.81. The molecule has 0 atom stereocenters. The number of nitriles is 1. The van der Waals surface area contributed by atoms with Crippen molar-refractivity contribution in [1.82, 2.24) is 0 Å². The van der Waals surface area contributed by atoms with Gasteiger partial charge in [0.15, 0.2) is 11.6 Å². The zero-order valence-corrected chi connectivity index (χ0v) is 10.5. The van der Waals surface area contributed by atoms with Crippen LogP contribution in [-0.2, 0) is 0 Å². The Morgan fingerprint density at radius 1 is 1.10 bits per heavy atom. The highest BCUT2D eigenvalue weighted by Gasteiger charge is 2.15. The summed E-state index contributed by atoms with van der Waals surface area (Å²) in [6.07, 6.45) is 0. The van der Waals surface area contributed by atoms with E-state index in [-0.39, 0.29) is 22.5 Å². The van der Waals surface area contributed by atoms with Crippen LogP contribution in [0.15, 0.2) is 30.3 Å². The number of benzene rings is 2. The molecular weight excluding hydrogens is 283 g/mol. The van der Waals surface area contributed by atoms with Gasteiger partial charge in [-0.25, -0.2) is 13.2 Å². The Morgan fingerprint density at radius 3 is 2.43 bits per heavy atom. The highest BCUT2D eigenvalue weighted by atomic mass is 19.2. The Kier molecular flexibility index (Phi) is 3.80. The van der Waals surface area contributed by atoms with Gasteiger partial charge in [0, 0.05) is 17.4 Å². The van der Waals surface area contributed by atoms with E-state index in [2.05, 4.69) is 5.32 Å². The lowest BCUT2D eigenvalue weighted by molar-refractivity contribution is 0.102. The predicted molar refractivity (Wildman–Crippen MR) is 69.8 cm³/mol. The Bertz CT molecular complexity index is 769. The molecule has 1 amide bonds. The van der Waals surface area contributed by atoms with Crippen LogP contribution in [0.4, 0.5) is 24.5 Å². The van der Waals surface area contributed by atoms with E-state index in [1.165, 1.54) is 6.07 Å². The molecule has 106 valence electrons. The van der Waals surface area contributed by atoms with E-state index in [0.717, 1.165) is 12.1 Å². The molecule has 0 radical (unpaired) electrons. The van der Waals surface area contributed by atoms with Gasteiger partial charge >= 0.3 is 0 Å². The van der Waals surface area contributed by atoms with Crippen LogP contribution in [0.5, 0.6) is 0 Å². The van der Waals surface area contributed by atoms with Crippen molar-refractivity contribution in [2.75, 3.05) is 11.1 Å². The summed E-state index contributed by atoms with van der Waals surface area (Å²) in [6.45, 7) is 0. The third-order valence-electron chi connectivity index (χ3n) is 2.68. The Hall–Kier alpha value is -3.01. The van der Waals surface area contributed by atoms with Gasteiger partial charge in [0.1, 0.15) is 11.9 Å². The monoisotopic (exact) mass is 291 g/mol. The molecule has 0 aliphatic carbocycles. The first kappa shape index (κ1) is 14.4. The van der Waals surface area contributed by atoms with Crippen molar-refractivity contribution in [2.24, 2.45) is 0 Å². The molecule has 2 aromatic rings. The van der Waals surface area contributed by atoms with E-state index in [4.69, 9.17) is 11.0 Å². The first-order valence-electron chi connectivity index (χ1n) is 5.68. The molecule has 0 saturated carbocycles. The molecule has 0 unspecified atom stereocenters. The number of rotatable bonds is 2. The largest absolute Gasteiger partial charge is 0.398 e. The number of nitrogens with two attached hydrogens (primary N) is 1. The van der Waals surface area contributed by atoms with E-state index in [1.807, 2.05) is 0 Å². The highest BCUT2D eigenvalue weighted by molar-refractivity contribution is 6.07. The van der Waals surface area contributed by atoms with Crippen molar-refractivity contribution < 1.29 is 18.0 Å². The van der Waals surface area contributed by atoms with Crippen molar-refractivity contribution in [3.8, 4) is 6.07 Å². The summed E-state index contributed by atoms with van der Waals surface area (Å²) in [5.41, 5.74) is 4.81. The second-order valence-electron chi connectivity index (χ2n) is 4.11. The van der Waals surface area contributed by atoms with Gasteiger partial charge in [0.25, 0.3) is 5.91 Å². The van der Waals surface area contributed by atoms with Crippen LogP contribution in [0.25, 0.3) is 0 Å². The first-order valence-corrected chi connectivity index (χ1v) is 5.68. The lowest BCUT2D eigenvalue weighted by Gasteiger charge is -2.08. The molecule has 2 rings (SSSR count). The minimum Gasteiger partial charge on any atom is -0.398 e. The summed E-state index contributed by atoms with van der Waals surface area (Å²) >= 11 is 0. The average molecular weight is 291 g/mol. The minimum atomic E-state index is -1.22. The Morgan fingerprint density at radius 2 is 1.76 bits per heavy atom. The van der Waals surface area contributed by atoms with Crippen LogP contribution in [0.1, 0.15) is 15.9 Å². The standard InChI is InChI=1S/C14H8F3N3O/c15-10-2-1-8(3-7(10)6-18)20-14(21)9-4-11(16)12(17)5-13(9)19/h1-5H,19H2,(H,20,21). The van der Waals surface area contributed by atoms with Crippen molar-refractivity contribution in [3.05, 3.63) is 58.9 Å². The third kappa shape index (κ3) is 2.95. The number of hydrogen-bond donors (Lipinski definition) is 2. The molecule has 21 heavy (non-hydrogen) atoms. The number of hydrogen-bond acceptors (Lipinski definition) is 3. The lowest BCUT2D eigenvalue weighted by atomic mass is 10.1. The molecule has 4 nitrogen and oxygen atoms in total. The van der Waals surface area contributed by atoms with Crippen LogP contribution in [0.3, 0.4) is 0 Å². The van der Waals surface area contributed by atoms with Gasteiger partial charge in [0.2, 0.25) is 0 Å². The number of nitrogen functional groups attached to an aromatic ring is 1. The van der Waals surface area contributed by atoms with Crippen molar-refractivity contribution >= 4 is 17.3 Å². The van der Waals surface area contributed by atoms with Crippen LogP contribution < -0.4 is 11.1 Å². The van der Waals surface area contributed by atoms with Gasteiger partial charge < -0.3 is 11.1 Å². The Balaban J connectivity index is 2.31. The van der Waals surface area contributed by atoms with Gasteiger partial charge in [0.05, 0.1) is 11.1 Å². The van der Waals surface area contributed by atoms with Gasteiger partial charge in [-0.3, -0.25) is 4.79 Å². The number of carbonyl (C=O) groups is 1. The topological polar surface area (TPSA) is 78.9 Å². The minimum absolute atomic E-state index is 0.127. The fourth-order valence-electron chi connectivity index (χ4n) is 1.65. The summed E-state index contributed by atoms with van der Waals surface area (Å²) in [5.74, 6) is -3.92. The maximum absolute atomic E-state index is 13.1. The van der Waals surface area contributed by atoms with Gasteiger partial charge in [-0.1, -0.05) is 0 Å². The molecule has 0 bridgehead atoms. The number of nitrogens with one attached hydrogen (secondary N) is 1. The normalized spacial score (nSPS) is 10.0. The number of anilines is 2. The zero-order valence-electron chi connectivity index (χ0n) is 10.5. The molecule has 0 spiro atoms. The number of nitrogens with zero attached hydrogens (tertiary/aromatic N) is 1. The molecule has 0 fully saturated rings. The fraction of sp³-hybridized carbons (Fsp3) is 0. The molecule has 0 saturated heterocycles.